The van der Waals surface area contributed by atoms with Crippen molar-refractivity contribution in [1.29, 1.82) is 0 Å². The molecule has 0 saturated carbocycles. The number of nitrogens with zero attached hydrogens (tertiary/aromatic N) is 13. The van der Waals surface area contributed by atoms with Crippen LogP contribution >= 0.6 is 0 Å². The van der Waals surface area contributed by atoms with Crippen LogP contribution in [0.5, 0.6) is 5.75 Å². The summed E-state index contributed by atoms with van der Waals surface area (Å²) in [6.07, 6.45) is 10.4. The summed E-state index contributed by atoms with van der Waals surface area (Å²) in [6.45, 7) is 6.23. The van der Waals surface area contributed by atoms with E-state index in [1.807, 2.05) is 28.4 Å². The Bertz CT molecular complexity index is 2860. The third-order valence-electron chi connectivity index (χ3n) is 13.1. The van der Waals surface area contributed by atoms with Gasteiger partial charge in [-0.3, -0.25) is 19.2 Å². The second-order valence-corrected chi connectivity index (χ2v) is 17.9. The molecule has 3 saturated heterocycles. The van der Waals surface area contributed by atoms with Gasteiger partial charge in [-0.25, -0.2) is 24.3 Å². The lowest BCUT2D eigenvalue weighted by molar-refractivity contribution is -0.131. The first-order valence-electron chi connectivity index (χ1n) is 25.7. The minimum absolute atomic E-state index is 0.153. The zero-order valence-corrected chi connectivity index (χ0v) is 40.1. The summed E-state index contributed by atoms with van der Waals surface area (Å²) < 4.78 is 43.9. The van der Waals surface area contributed by atoms with Crippen LogP contribution in [0.4, 0.5) is 50.4 Å². The number of benzene rings is 2. The fourth-order valence-corrected chi connectivity index (χ4v) is 9.36. The summed E-state index contributed by atoms with van der Waals surface area (Å²) in [5.74, 6) is 2.27. The quantitative estimate of drug-likeness (QED) is 0.0779. The monoisotopic (exact) mass is 971 g/mol. The Hall–Kier alpha value is -7.68. The van der Waals surface area contributed by atoms with E-state index in [0.717, 1.165) is 101 Å². The van der Waals surface area contributed by atoms with Gasteiger partial charge in [0.15, 0.2) is 23.1 Å². The average Bonchev–Trinajstić information content (AvgIpc) is 3.84. The third-order valence-corrected chi connectivity index (χ3v) is 13.1. The Labute approximate surface area is 417 Å². The average molecular weight is 971 g/mol. The van der Waals surface area contributed by atoms with E-state index in [0.29, 0.717) is 61.2 Å². The van der Waals surface area contributed by atoms with Crippen LogP contribution in [-0.4, -0.2) is 154 Å². The molecule has 71 heavy (non-hydrogen) atoms. The number of nitrogens with one attached hydrogen (secondary N) is 4. The molecule has 2 aromatic carbocycles. The minimum Gasteiger partial charge on any atom is -0.494 e. The number of unbranched alkanes of at least 4 members (excludes halogenated alkanes) is 2. The molecule has 1 atom stereocenters. The highest BCUT2D eigenvalue weighted by Crippen LogP contribution is 2.37. The van der Waals surface area contributed by atoms with Crippen LogP contribution in [0.1, 0.15) is 53.1 Å². The van der Waals surface area contributed by atoms with Crippen LogP contribution < -0.4 is 40.7 Å². The van der Waals surface area contributed by atoms with Gasteiger partial charge in [0.25, 0.3) is 5.91 Å². The van der Waals surface area contributed by atoms with E-state index in [-0.39, 0.29) is 35.0 Å². The van der Waals surface area contributed by atoms with Gasteiger partial charge in [0.1, 0.15) is 35.9 Å². The first kappa shape index (κ1) is 44.5. The number of hydrogen-bond acceptors (Lipinski definition) is 17. The number of rotatable bonds is 18. The van der Waals surface area contributed by atoms with Gasteiger partial charge < -0.3 is 45.6 Å². The largest absolute Gasteiger partial charge is 0.494 e. The van der Waals surface area contributed by atoms with Gasteiger partial charge >= 0.3 is 0 Å². The van der Waals surface area contributed by atoms with E-state index < -0.39 is 12.9 Å². The molecule has 0 radical (unpaired) electrons. The first-order valence-corrected chi connectivity index (χ1v) is 24.2. The molecule has 9 rings (SSSR count). The molecule has 0 aliphatic carbocycles. The number of aryl methyl sites for hydroxylation is 1. The molecule has 3 aliphatic rings. The number of anilines is 8. The van der Waals surface area contributed by atoms with Gasteiger partial charge in [-0.1, -0.05) is 18.6 Å². The highest BCUT2D eigenvalue weighted by molar-refractivity contribution is 5.99. The standard InChI is InChI=1S/C50H62FN17O3/c1-52-50(70)47-41(58-40-14-8-13-39(48(40)71-3)49-56-34-63(2)62-49)29-44(60-61-47)59-42-17-16-38(31-53-42)65-24-26-67(27-25-65)46(69)15-5-4-6-18-64-20-22-66(23-21-64)45-30-43(54-33-55-45)57-36-11-9-19-68(32-36)37-12-7-10-35(51)28-37/h7-8,10,12-14,16-17,28-31,33-34,36H,4-6,9,11,15,18-27,32H2,1-3H3,(H,52,70)(H,54,55,57)(H2,53,58,59,60)/t36-/m1/s1/i1D3. The molecule has 21 heteroatoms. The van der Waals surface area contributed by atoms with E-state index in [9.17, 15) is 14.0 Å². The molecule has 372 valence electrons. The molecule has 7 heterocycles. The Morgan fingerprint density at radius 2 is 1.63 bits per heavy atom. The topological polar surface area (TPSA) is 203 Å². The fourth-order valence-electron chi connectivity index (χ4n) is 9.36. The molecule has 3 fully saturated rings. The number of piperidine rings is 1. The van der Waals surface area contributed by atoms with Crippen molar-refractivity contribution in [2.75, 3.05) is 117 Å². The lowest BCUT2D eigenvalue weighted by Gasteiger charge is -2.36. The molecule has 0 spiro atoms. The zero-order chi connectivity index (χ0) is 51.6. The summed E-state index contributed by atoms with van der Waals surface area (Å²) in [5.41, 5.74) is 2.75. The van der Waals surface area contributed by atoms with E-state index in [1.54, 1.807) is 67.0 Å². The van der Waals surface area contributed by atoms with E-state index >= 15 is 0 Å². The van der Waals surface area contributed by atoms with Crippen molar-refractivity contribution in [3.8, 4) is 17.1 Å². The second kappa shape index (κ2) is 22.8. The van der Waals surface area contributed by atoms with Crippen LogP contribution in [0.15, 0.2) is 85.6 Å². The highest BCUT2D eigenvalue weighted by atomic mass is 19.1. The van der Waals surface area contributed by atoms with Gasteiger partial charge in [0, 0.05) is 114 Å². The van der Waals surface area contributed by atoms with Gasteiger partial charge in [-0.15, -0.1) is 10.2 Å². The van der Waals surface area contributed by atoms with E-state index in [4.69, 9.17) is 8.85 Å². The van der Waals surface area contributed by atoms with Crippen LogP contribution in [0, 0.1) is 5.82 Å². The maximum absolute atomic E-state index is 13.9. The molecule has 3 aliphatic heterocycles. The Balaban J connectivity index is 0.696. The fraction of sp³-hybridized carbons (Fsp3) is 0.420. The molecular weight excluding hydrogens is 906 g/mol. The summed E-state index contributed by atoms with van der Waals surface area (Å²) in [4.78, 5) is 55.6. The lowest BCUT2D eigenvalue weighted by atomic mass is 10.0. The molecule has 2 amide bonds. The van der Waals surface area contributed by atoms with Crippen molar-refractivity contribution >= 4 is 57.8 Å². The highest BCUT2D eigenvalue weighted by Gasteiger charge is 2.25. The zero-order valence-electron chi connectivity index (χ0n) is 43.1. The predicted octanol–water partition coefficient (Wildman–Crippen LogP) is 5.56. The normalized spacial score (nSPS) is 17.2. The number of hydrogen-bond donors (Lipinski definition) is 4. The minimum atomic E-state index is -2.76. The molecule has 4 aromatic heterocycles. The molecule has 20 nitrogen and oxygen atoms in total. The number of methoxy groups -OCH3 is 1. The van der Waals surface area contributed by atoms with Crippen molar-refractivity contribution in [2.45, 2.75) is 44.6 Å². The number of halogens is 1. The molecule has 0 unspecified atom stereocenters. The summed E-state index contributed by atoms with van der Waals surface area (Å²) >= 11 is 0. The lowest BCUT2D eigenvalue weighted by Crippen LogP contribution is -2.48. The third kappa shape index (κ3) is 12.2. The van der Waals surface area contributed by atoms with Crippen LogP contribution in [-0.2, 0) is 11.8 Å². The predicted molar refractivity (Wildman–Crippen MR) is 272 cm³/mol. The maximum Gasteiger partial charge on any atom is 0.273 e. The molecule has 0 bridgehead atoms. The summed E-state index contributed by atoms with van der Waals surface area (Å²) in [6, 6.07) is 19.6. The van der Waals surface area contributed by atoms with Crippen molar-refractivity contribution < 1.29 is 22.8 Å². The van der Waals surface area contributed by atoms with Crippen LogP contribution in [0.3, 0.4) is 0 Å². The van der Waals surface area contributed by atoms with Crippen molar-refractivity contribution in [1.82, 2.24) is 55.0 Å². The Kier molecular flexibility index (Phi) is 14.3. The summed E-state index contributed by atoms with van der Waals surface area (Å²) in [7, 11) is 3.25. The van der Waals surface area contributed by atoms with Crippen LogP contribution in [0.25, 0.3) is 11.4 Å². The van der Waals surface area contributed by atoms with Gasteiger partial charge in [-0.2, -0.15) is 5.10 Å². The molecular formula is C50H62FN17O3. The Morgan fingerprint density at radius 3 is 2.41 bits per heavy atom. The van der Waals surface area contributed by atoms with Gasteiger partial charge in [0.2, 0.25) is 5.91 Å². The number of aromatic nitrogens is 8. The number of ether oxygens (including phenoxy) is 1. The van der Waals surface area contributed by atoms with E-state index in [1.165, 1.54) is 19.2 Å². The number of amides is 2. The maximum atomic E-state index is 13.9. The van der Waals surface area contributed by atoms with Gasteiger partial charge in [-0.05, 0) is 74.7 Å². The van der Waals surface area contributed by atoms with Crippen molar-refractivity contribution in [3.63, 3.8) is 0 Å². The number of carbonyl (C=O) groups excluding carboxylic acids is 2. The van der Waals surface area contributed by atoms with Crippen molar-refractivity contribution in [2.24, 2.45) is 7.05 Å². The van der Waals surface area contributed by atoms with Crippen LogP contribution in [0.2, 0.25) is 0 Å². The first-order chi connectivity index (χ1) is 35.8. The van der Waals surface area contributed by atoms with E-state index in [2.05, 4.69) is 70.8 Å². The number of piperazine rings is 2. The Morgan fingerprint density at radius 1 is 0.789 bits per heavy atom. The van der Waals surface area contributed by atoms with Crippen molar-refractivity contribution in [3.05, 3.63) is 97.1 Å². The number of pyridine rings is 1. The molecule has 4 N–H and O–H groups in total. The SMILES string of the molecule is [2H]C([2H])([2H])NC(=O)c1nnc(Nc2ccc(N3CCN(C(=O)CCCCCN4CCN(c5cc(N[C@@H]6CCCN(c7cccc(F)c7)C6)ncn5)CC4)CC3)cn2)cc1Nc1cccc(-c2ncn(C)n2)c1OC. The number of carbonyl (C=O) groups is 2. The summed E-state index contributed by atoms with van der Waals surface area (Å²) in [5, 5.41) is 24.5. The smallest absolute Gasteiger partial charge is 0.273 e. The molecule has 6 aromatic rings. The second-order valence-electron chi connectivity index (χ2n) is 17.9. The van der Waals surface area contributed by atoms with Gasteiger partial charge in [0.05, 0.1) is 35.9 Å². The number of para-hydroxylation sites is 1.